The van der Waals surface area contributed by atoms with Crippen LogP contribution in [0, 0.1) is 34.5 Å². The molecule has 3 heteroatoms. The van der Waals surface area contributed by atoms with Crippen molar-refractivity contribution in [3.63, 3.8) is 0 Å². The van der Waals surface area contributed by atoms with Crippen LogP contribution in [0.3, 0.4) is 0 Å². The Morgan fingerprint density at radius 1 is 1.12 bits per heavy atom. The molecule has 0 aromatic rings. The second kappa shape index (κ2) is 6.74. The van der Waals surface area contributed by atoms with Gasteiger partial charge in [-0.15, -0.1) is 9.04 Å². The van der Waals surface area contributed by atoms with Gasteiger partial charge in [-0.2, -0.15) is 13.1 Å². The van der Waals surface area contributed by atoms with Crippen molar-refractivity contribution in [3.05, 3.63) is 11.6 Å². The summed E-state index contributed by atoms with van der Waals surface area (Å²) in [6.07, 6.45) is 12.9. The molecule has 3 saturated carbocycles. The summed E-state index contributed by atoms with van der Waals surface area (Å²) < 4.78 is 6.36. The Labute approximate surface area is 162 Å². The number of hydrogen-bond donors (Lipinski definition) is 1. The maximum Gasteiger partial charge on any atom is 0.0577 e. The Morgan fingerprint density at radius 3 is 2.62 bits per heavy atom. The summed E-state index contributed by atoms with van der Waals surface area (Å²) in [5.74, 6) is 3.34. The monoisotopic (exact) mass is 375 g/mol. The maximum absolute atomic E-state index is 10.2. The van der Waals surface area contributed by atoms with Crippen LogP contribution in [0.5, 0.6) is 0 Å². The fourth-order valence-corrected chi connectivity index (χ4v) is 8.82. The van der Waals surface area contributed by atoms with Gasteiger partial charge >= 0.3 is 0 Å². The Hall–Kier alpha value is -0.123. The van der Waals surface area contributed by atoms with Gasteiger partial charge in [0.2, 0.25) is 0 Å². The molecule has 0 radical (unpaired) electrons. The van der Waals surface area contributed by atoms with E-state index < -0.39 is 9.04 Å². The van der Waals surface area contributed by atoms with Gasteiger partial charge in [0.1, 0.15) is 0 Å². The topological polar surface area (TPSA) is 29.5 Å². The van der Waals surface area contributed by atoms with E-state index >= 15 is 0 Å². The van der Waals surface area contributed by atoms with Crippen LogP contribution in [0.1, 0.15) is 72.1 Å². The summed E-state index contributed by atoms with van der Waals surface area (Å²) in [7, 11) is -0.620. The summed E-state index contributed by atoms with van der Waals surface area (Å²) >= 11 is 0. The van der Waals surface area contributed by atoms with Crippen molar-refractivity contribution in [2.24, 2.45) is 34.5 Å². The van der Waals surface area contributed by atoms with Gasteiger partial charge in [0, 0.05) is 6.10 Å². The first-order valence-electron chi connectivity index (χ1n) is 11.1. The van der Waals surface area contributed by atoms with E-state index in [0.29, 0.717) is 16.9 Å². The lowest BCUT2D eigenvalue weighted by Crippen LogP contribution is -2.51. The van der Waals surface area contributed by atoms with Crippen molar-refractivity contribution in [1.82, 2.24) is 0 Å². The van der Waals surface area contributed by atoms with Gasteiger partial charge < -0.3 is 9.53 Å². The number of aliphatic hydroxyl groups excluding tert-OH is 1. The highest BCUT2D eigenvalue weighted by Gasteiger charge is 2.59. The fourth-order valence-electron chi connectivity index (χ4n) is 7.91. The van der Waals surface area contributed by atoms with Gasteiger partial charge in [-0.3, -0.25) is 0 Å². The number of hydrogen-bond acceptors (Lipinski definition) is 2. The molecule has 0 saturated heterocycles. The highest BCUT2D eigenvalue weighted by molar-refractivity contribution is 6.48. The lowest BCUT2D eigenvalue weighted by atomic mass is 9.47. The summed E-state index contributed by atoms with van der Waals surface area (Å²) in [5.41, 5.74) is 2.44. The SMILES string of the molecule is C[C@@H](O[Si-](C)C)[C@H]1CC[C@H]2[C@@H]3CC=C4C[C@@H](O)CC[C@]4(C)[C@H]3CC[C@]12C. The summed E-state index contributed by atoms with van der Waals surface area (Å²) in [4.78, 5) is 0. The lowest BCUT2D eigenvalue weighted by molar-refractivity contribution is -0.0646. The standard InChI is InChI=1S/C23H39O2Si/c1-15(25-26(4)5)19-8-9-20-18-7-6-16-14-17(24)10-12-22(16,2)21(18)11-13-23(19,20)3/h6,15,17-21,24H,7-14H2,1-5H3/q-1/t15-,17+,18+,19-,20+,21+,22+,23-/m1/s1. The summed E-state index contributed by atoms with van der Waals surface area (Å²) in [6, 6.07) is 0. The largest absolute Gasteiger partial charge is 0.586 e. The lowest BCUT2D eigenvalue weighted by Gasteiger charge is -2.58. The second-order valence-corrected chi connectivity index (χ2v) is 12.7. The molecule has 148 valence electrons. The molecular weight excluding hydrogens is 336 g/mol. The van der Waals surface area contributed by atoms with Crippen LogP contribution in [-0.2, 0) is 4.43 Å². The second-order valence-electron chi connectivity index (χ2n) is 10.6. The third-order valence-corrected chi connectivity index (χ3v) is 9.98. The number of allylic oxidation sites excluding steroid dienone is 1. The normalized spacial score (nSPS) is 49.2. The molecule has 8 atom stereocenters. The molecule has 0 heterocycles. The highest BCUT2D eigenvalue weighted by atomic mass is 28.3. The number of aliphatic hydroxyl groups is 1. The average Bonchev–Trinajstić information content (AvgIpc) is 2.92. The molecular formula is C23H39O2Si-. The smallest absolute Gasteiger partial charge is 0.0577 e. The first-order chi connectivity index (χ1) is 12.3. The molecule has 0 unspecified atom stereocenters. The van der Waals surface area contributed by atoms with Crippen LogP contribution < -0.4 is 0 Å². The molecule has 0 spiro atoms. The predicted molar refractivity (Wildman–Crippen MR) is 109 cm³/mol. The summed E-state index contributed by atoms with van der Waals surface area (Å²) in [5, 5.41) is 10.2. The van der Waals surface area contributed by atoms with E-state index in [2.05, 4.69) is 39.9 Å². The molecule has 2 nitrogen and oxygen atoms in total. The quantitative estimate of drug-likeness (QED) is 0.515. The van der Waals surface area contributed by atoms with E-state index in [1.54, 1.807) is 5.57 Å². The van der Waals surface area contributed by atoms with E-state index in [9.17, 15) is 5.11 Å². The minimum absolute atomic E-state index is 0.0901. The molecule has 0 aromatic heterocycles. The Morgan fingerprint density at radius 2 is 1.88 bits per heavy atom. The molecule has 0 bridgehead atoms. The van der Waals surface area contributed by atoms with Gasteiger partial charge in [0.05, 0.1) is 6.10 Å². The molecule has 0 aliphatic heterocycles. The molecule has 26 heavy (non-hydrogen) atoms. The van der Waals surface area contributed by atoms with Crippen molar-refractivity contribution in [2.75, 3.05) is 0 Å². The van der Waals surface area contributed by atoms with Gasteiger partial charge in [-0.05, 0) is 92.8 Å². The van der Waals surface area contributed by atoms with Gasteiger partial charge in [0.15, 0.2) is 0 Å². The molecule has 3 fully saturated rings. The molecule has 0 aromatic carbocycles. The molecule has 4 rings (SSSR count). The van der Waals surface area contributed by atoms with Crippen LogP contribution in [0.25, 0.3) is 0 Å². The van der Waals surface area contributed by atoms with Crippen LogP contribution in [0.4, 0.5) is 0 Å². The number of rotatable bonds is 3. The fraction of sp³-hybridized carbons (Fsp3) is 0.913. The summed E-state index contributed by atoms with van der Waals surface area (Å²) in [6.45, 7) is 12.0. The highest BCUT2D eigenvalue weighted by Crippen LogP contribution is 2.66. The van der Waals surface area contributed by atoms with E-state index in [0.717, 1.165) is 36.5 Å². The van der Waals surface area contributed by atoms with Crippen molar-refractivity contribution >= 4 is 9.04 Å². The Balaban J connectivity index is 1.58. The first kappa shape index (κ1) is 19.2. The van der Waals surface area contributed by atoms with Crippen molar-refractivity contribution < 1.29 is 9.53 Å². The Kier molecular flexibility index (Phi) is 4.98. The first-order valence-corrected chi connectivity index (χ1v) is 13.5. The zero-order valence-corrected chi connectivity index (χ0v) is 18.6. The Bertz CT molecular complexity index is 573. The van der Waals surface area contributed by atoms with Gasteiger partial charge in [0.25, 0.3) is 0 Å². The zero-order valence-electron chi connectivity index (χ0n) is 17.6. The molecule has 1 N–H and O–H groups in total. The molecule has 4 aliphatic carbocycles. The molecule has 4 aliphatic rings. The van der Waals surface area contributed by atoms with E-state index in [1.165, 1.54) is 38.5 Å². The third-order valence-electron chi connectivity index (χ3n) is 9.14. The third kappa shape index (κ3) is 2.88. The van der Waals surface area contributed by atoms with Crippen LogP contribution in [0.15, 0.2) is 11.6 Å². The van der Waals surface area contributed by atoms with Crippen molar-refractivity contribution in [1.29, 1.82) is 0 Å². The van der Waals surface area contributed by atoms with Crippen molar-refractivity contribution in [3.8, 4) is 0 Å². The molecule has 0 amide bonds. The minimum atomic E-state index is -0.620. The van der Waals surface area contributed by atoms with Crippen molar-refractivity contribution in [2.45, 2.75) is 97.4 Å². The van der Waals surface area contributed by atoms with Crippen LogP contribution in [0.2, 0.25) is 13.1 Å². The maximum atomic E-state index is 10.2. The van der Waals surface area contributed by atoms with E-state index in [-0.39, 0.29) is 6.10 Å². The predicted octanol–water partition coefficient (Wildman–Crippen LogP) is 5.58. The van der Waals surface area contributed by atoms with E-state index in [4.69, 9.17) is 4.43 Å². The minimum Gasteiger partial charge on any atom is -0.586 e. The van der Waals surface area contributed by atoms with Crippen LogP contribution >= 0.6 is 0 Å². The zero-order chi connectivity index (χ0) is 18.7. The van der Waals surface area contributed by atoms with E-state index in [1.807, 2.05) is 0 Å². The van der Waals surface area contributed by atoms with Gasteiger partial charge in [-0.25, -0.2) is 0 Å². The number of fused-ring (bicyclic) bond motifs is 5. The average molecular weight is 376 g/mol. The van der Waals surface area contributed by atoms with Crippen LogP contribution in [-0.4, -0.2) is 26.4 Å². The van der Waals surface area contributed by atoms with Gasteiger partial charge in [-0.1, -0.05) is 25.5 Å².